The van der Waals surface area contributed by atoms with Gasteiger partial charge >= 0.3 is 0 Å². The van der Waals surface area contributed by atoms with Gasteiger partial charge in [0.1, 0.15) is 5.75 Å². The van der Waals surface area contributed by atoms with Gasteiger partial charge in [-0.15, -0.1) is 0 Å². The van der Waals surface area contributed by atoms with Gasteiger partial charge in [-0.05, 0) is 65.5 Å². The number of carbonyl (C=O) groups excluding carboxylic acids is 1. The molecule has 1 N–H and O–H groups in total. The lowest BCUT2D eigenvalue weighted by atomic mass is 10.1. The second kappa shape index (κ2) is 7.45. The minimum absolute atomic E-state index is 0.00807. The van der Waals surface area contributed by atoms with Crippen LogP contribution in [0.2, 0.25) is 0 Å². The largest absolute Gasteiger partial charge is 0.483 e. The van der Waals surface area contributed by atoms with Crippen LogP contribution in [0.3, 0.4) is 0 Å². The molecule has 0 saturated carbocycles. The van der Waals surface area contributed by atoms with Crippen LogP contribution in [0.1, 0.15) is 23.6 Å². The van der Waals surface area contributed by atoms with Gasteiger partial charge in [-0.2, -0.15) is 0 Å². The van der Waals surface area contributed by atoms with Crippen LogP contribution in [0.15, 0.2) is 40.9 Å². The van der Waals surface area contributed by atoms with E-state index in [1.54, 1.807) is 0 Å². The molecule has 4 heteroatoms. The molecule has 0 radical (unpaired) electrons. The Hall–Kier alpha value is -1.81. The Bertz CT molecular complexity index is 683. The summed E-state index contributed by atoms with van der Waals surface area (Å²) in [5, 5.41) is 2.85. The first kappa shape index (κ1) is 16.6. The van der Waals surface area contributed by atoms with Crippen molar-refractivity contribution in [3.8, 4) is 5.75 Å². The Morgan fingerprint density at radius 1 is 1.18 bits per heavy atom. The van der Waals surface area contributed by atoms with E-state index >= 15 is 0 Å². The maximum absolute atomic E-state index is 12.0. The standard InChI is InChI=1S/C18H20BrNO2/c1-4-14-6-7-16(15(19)10-14)20-18(21)11-22-17-8-5-12(2)9-13(17)3/h5-10H,4,11H2,1-3H3,(H,20,21). The van der Waals surface area contributed by atoms with E-state index in [1.807, 2.05) is 50.2 Å². The Morgan fingerprint density at radius 2 is 1.95 bits per heavy atom. The predicted molar refractivity (Wildman–Crippen MR) is 93.6 cm³/mol. The third-order valence-electron chi connectivity index (χ3n) is 3.41. The summed E-state index contributed by atoms with van der Waals surface area (Å²) in [5.41, 5.74) is 4.18. The molecule has 0 atom stereocenters. The fourth-order valence-corrected chi connectivity index (χ4v) is 2.70. The summed E-state index contributed by atoms with van der Waals surface area (Å²) < 4.78 is 6.46. The molecule has 0 bridgehead atoms. The predicted octanol–water partition coefficient (Wildman–Crippen LogP) is 4.65. The van der Waals surface area contributed by atoms with Gasteiger partial charge in [0.2, 0.25) is 0 Å². The summed E-state index contributed by atoms with van der Waals surface area (Å²) in [5.74, 6) is 0.561. The van der Waals surface area contributed by atoms with E-state index in [2.05, 4.69) is 28.2 Å². The van der Waals surface area contributed by atoms with Gasteiger partial charge in [0.25, 0.3) is 5.91 Å². The van der Waals surface area contributed by atoms with Gasteiger partial charge < -0.3 is 10.1 Å². The van der Waals surface area contributed by atoms with E-state index < -0.39 is 0 Å². The highest BCUT2D eigenvalue weighted by atomic mass is 79.9. The van der Waals surface area contributed by atoms with Crippen LogP contribution >= 0.6 is 15.9 Å². The molecule has 0 aromatic heterocycles. The lowest BCUT2D eigenvalue weighted by Crippen LogP contribution is -2.20. The number of hydrogen-bond acceptors (Lipinski definition) is 2. The summed E-state index contributed by atoms with van der Waals surface area (Å²) >= 11 is 3.48. The lowest BCUT2D eigenvalue weighted by molar-refractivity contribution is -0.118. The quantitative estimate of drug-likeness (QED) is 0.841. The molecule has 0 aliphatic carbocycles. The second-order valence-corrected chi connectivity index (χ2v) is 6.13. The van der Waals surface area contributed by atoms with Gasteiger partial charge in [-0.25, -0.2) is 0 Å². The minimum atomic E-state index is -0.176. The van der Waals surface area contributed by atoms with Gasteiger partial charge in [0.15, 0.2) is 6.61 Å². The van der Waals surface area contributed by atoms with Crippen molar-refractivity contribution in [3.05, 3.63) is 57.6 Å². The number of ether oxygens (including phenoxy) is 1. The number of nitrogens with one attached hydrogen (secondary N) is 1. The molecule has 116 valence electrons. The van der Waals surface area contributed by atoms with Gasteiger partial charge in [0.05, 0.1) is 5.69 Å². The first-order valence-electron chi connectivity index (χ1n) is 7.28. The fraction of sp³-hybridized carbons (Fsp3) is 0.278. The number of rotatable bonds is 5. The molecule has 2 rings (SSSR count). The number of hydrogen-bond donors (Lipinski definition) is 1. The first-order chi connectivity index (χ1) is 10.5. The zero-order valence-electron chi connectivity index (χ0n) is 13.1. The van der Waals surface area contributed by atoms with Crippen molar-refractivity contribution in [2.45, 2.75) is 27.2 Å². The second-order valence-electron chi connectivity index (χ2n) is 5.27. The molecular formula is C18H20BrNO2. The Balaban J connectivity index is 1.95. The number of benzene rings is 2. The van der Waals surface area contributed by atoms with E-state index in [-0.39, 0.29) is 12.5 Å². The average Bonchev–Trinajstić information content (AvgIpc) is 2.48. The molecule has 0 spiro atoms. The van der Waals surface area contributed by atoms with E-state index in [1.165, 1.54) is 11.1 Å². The number of aryl methyl sites for hydroxylation is 3. The summed E-state index contributed by atoms with van der Waals surface area (Å²) in [6.07, 6.45) is 0.961. The zero-order chi connectivity index (χ0) is 16.1. The average molecular weight is 362 g/mol. The Morgan fingerprint density at radius 3 is 2.59 bits per heavy atom. The number of carbonyl (C=O) groups is 1. The number of amides is 1. The molecule has 0 fully saturated rings. The summed E-state index contributed by atoms with van der Waals surface area (Å²) in [7, 11) is 0. The number of anilines is 1. The molecule has 0 saturated heterocycles. The van der Waals surface area contributed by atoms with Crippen molar-refractivity contribution in [2.75, 3.05) is 11.9 Å². The van der Waals surface area contributed by atoms with Crippen molar-refractivity contribution < 1.29 is 9.53 Å². The topological polar surface area (TPSA) is 38.3 Å². The van der Waals surface area contributed by atoms with E-state index in [9.17, 15) is 4.79 Å². The molecule has 2 aromatic carbocycles. The molecule has 2 aromatic rings. The normalized spacial score (nSPS) is 10.4. The van der Waals surface area contributed by atoms with E-state index in [4.69, 9.17) is 4.74 Å². The molecule has 0 unspecified atom stereocenters. The molecular weight excluding hydrogens is 342 g/mol. The van der Waals surface area contributed by atoms with Gasteiger partial charge in [0, 0.05) is 4.47 Å². The van der Waals surface area contributed by atoms with Crippen LogP contribution in [-0.2, 0) is 11.2 Å². The number of halogens is 1. The highest BCUT2D eigenvalue weighted by molar-refractivity contribution is 9.10. The summed E-state index contributed by atoms with van der Waals surface area (Å²) in [6.45, 7) is 6.09. The van der Waals surface area contributed by atoms with Crippen LogP contribution in [0.25, 0.3) is 0 Å². The van der Waals surface area contributed by atoms with E-state index in [0.717, 1.165) is 27.9 Å². The van der Waals surface area contributed by atoms with Crippen LogP contribution in [0, 0.1) is 13.8 Å². The third kappa shape index (κ3) is 4.34. The van der Waals surface area contributed by atoms with Gasteiger partial charge in [-0.1, -0.05) is 30.7 Å². The Kier molecular flexibility index (Phi) is 5.61. The third-order valence-corrected chi connectivity index (χ3v) is 4.06. The van der Waals surface area contributed by atoms with Crippen LogP contribution in [0.5, 0.6) is 5.75 Å². The van der Waals surface area contributed by atoms with Crippen molar-refractivity contribution in [1.82, 2.24) is 0 Å². The molecule has 0 aliphatic rings. The highest BCUT2D eigenvalue weighted by Gasteiger charge is 2.08. The maximum atomic E-state index is 12.0. The monoisotopic (exact) mass is 361 g/mol. The van der Waals surface area contributed by atoms with E-state index in [0.29, 0.717) is 0 Å². The maximum Gasteiger partial charge on any atom is 0.262 e. The lowest BCUT2D eigenvalue weighted by Gasteiger charge is -2.11. The molecule has 1 amide bonds. The molecule has 3 nitrogen and oxygen atoms in total. The van der Waals surface area contributed by atoms with Crippen LogP contribution in [0.4, 0.5) is 5.69 Å². The zero-order valence-corrected chi connectivity index (χ0v) is 14.7. The summed E-state index contributed by atoms with van der Waals surface area (Å²) in [6, 6.07) is 11.8. The minimum Gasteiger partial charge on any atom is -0.483 e. The van der Waals surface area contributed by atoms with Crippen LogP contribution in [-0.4, -0.2) is 12.5 Å². The van der Waals surface area contributed by atoms with Gasteiger partial charge in [-0.3, -0.25) is 4.79 Å². The van der Waals surface area contributed by atoms with Crippen LogP contribution < -0.4 is 10.1 Å². The van der Waals surface area contributed by atoms with Crippen molar-refractivity contribution >= 4 is 27.5 Å². The van der Waals surface area contributed by atoms with Crippen molar-refractivity contribution in [3.63, 3.8) is 0 Å². The van der Waals surface area contributed by atoms with Crippen molar-refractivity contribution in [1.29, 1.82) is 0 Å². The first-order valence-corrected chi connectivity index (χ1v) is 8.07. The highest BCUT2D eigenvalue weighted by Crippen LogP contribution is 2.24. The molecule has 0 heterocycles. The SMILES string of the molecule is CCc1ccc(NC(=O)COc2ccc(C)cc2C)c(Br)c1. The molecule has 0 aliphatic heterocycles. The smallest absolute Gasteiger partial charge is 0.262 e. The summed E-state index contributed by atoms with van der Waals surface area (Å²) in [4.78, 5) is 12.0. The Labute approximate surface area is 139 Å². The van der Waals surface area contributed by atoms with Crippen molar-refractivity contribution in [2.24, 2.45) is 0 Å². The molecule has 22 heavy (non-hydrogen) atoms. The fourth-order valence-electron chi connectivity index (χ4n) is 2.17.